The van der Waals surface area contributed by atoms with Crippen LogP contribution in [0.4, 0.5) is 0 Å². The molecule has 234 valence electrons. The second-order valence-electron chi connectivity index (χ2n) is 12.3. The highest BCUT2D eigenvalue weighted by molar-refractivity contribution is 5.95. The van der Waals surface area contributed by atoms with E-state index < -0.39 is 0 Å². The molecular formula is C41H44N4O. The van der Waals surface area contributed by atoms with E-state index in [-0.39, 0.29) is 5.91 Å². The summed E-state index contributed by atoms with van der Waals surface area (Å²) in [7, 11) is 8.31. The Labute approximate surface area is 273 Å². The van der Waals surface area contributed by atoms with Crippen LogP contribution in [0.5, 0.6) is 0 Å². The smallest absolute Gasteiger partial charge is 0.251 e. The first-order valence-corrected chi connectivity index (χ1v) is 15.7. The van der Waals surface area contributed by atoms with Gasteiger partial charge in [-0.3, -0.25) is 4.79 Å². The van der Waals surface area contributed by atoms with E-state index in [1.54, 1.807) is 0 Å². The molecule has 0 spiro atoms. The molecule has 6 aromatic rings. The third-order valence-corrected chi connectivity index (χ3v) is 7.98. The molecule has 0 aliphatic rings. The molecule has 6 aromatic carbocycles. The predicted molar refractivity (Wildman–Crippen MR) is 194 cm³/mol. The van der Waals surface area contributed by atoms with Gasteiger partial charge in [-0.25, -0.2) is 0 Å². The quantitative estimate of drug-likeness (QED) is 0.175. The zero-order chi connectivity index (χ0) is 32.5. The fourth-order valence-electron chi connectivity index (χ4n) is 5.78. The summed E-state index contributed by atoms with van der Waals surface area (Å²) in [6.07, 6.45) is 0. The average Bonchev–Trinajstić information content (AvgIpc) is 3.07. The van der Waals surface area contributed by atoms with Gasteiger partial charge in [-0.1, -0.05) is 103 Å². The zero-order valence-corrected chi connectivity index (χ0v) is 27.3. The van der Waals surface area contributed by atoms with Crippen LogP contribution in [0, 0.1) is 0 Å². The van der Waals surface area contributed by atoms with Gasteiger partial charge in [0.25, 0.3) is 5.91 Å². The lowest BCUT2D eigenvalue weighted by Gasteiger charge is -2.12. The first kappa shape index (κ1) is 32.6. The van der Waals surface area contributed by atoms with Gasteiger partial charge in [-0.05, 0) is 107 Å². The lowest BCUT2D eigenvalue weighted by Crippen LogP contribution is -2.22. The van der Waals surface area contributed by atoms with Gasteiger partial charge in [0, 0.05) is 31.7 Å². The van der Waals surface area contributed by atoms with Crippen molar-refractivity contribution in [2.24, 2.45) is 5.73 Å². The van der Waals surface area contributed by atoms with E-state index >= 15 is 0 Å². The number of amides is 1. The molecule has 0 heterocycles. The van der Waals surface area contributed by atoms with Crippen molar-refractivity contribution < 1.29 is 4.79 Å². The number of nitrogens with one attached hydrogen (secondary N) is 1. The van der Waals surface area contributed by atoms with Crippen LogP contribution in [-0.4, -0.2) is 43.9 Å². The van der Waals surface area contributed by atoms with E-state index in [4.69, 9.17) is 5.73 Å². The molecule has 5 nitrogen and oxygen atoms in total. The highest BCUT2D eigenvalue weighted by Gasteiger charge is 2.08. The lowest BCUT2D eigenvalue weighted by molar-refractivity contribution is 0.0951. The number of hydrogen-bond acceptors (Lipinski definition) is 4. The van der Waals surface area contributed by atoms with Crippen LogP contribution in [0.2, 0.25) is 0 Å². The van der Waals surface area contributed by atoms with Gasteiger partial charge >= 0.3 is 0 Å². The fourth-order valence-corrected chi connectivity index (χ4v) is 5.78. The normalized spacial score (nSPS) is 11.1. The largest absolute Gasteiger partial charge is 0.348 e. The van der Waals surface area contributed by atoms with E-state index in [2.05, 4.69) is 128 Å². The van der Waals surface area contributed by atoms with E-state index in [1.165, 1.54) is 38.2 Å². The minimum Gasteiger partial charge on any atom is -0.348 e. The number of rotatable bonds is 9. The molecule has 3 N–H and O–H groups in total. The molecule has 0 aromatic heterocycles. The maximum Gasteiger partial charge on any atom is 0.251 e. The number of nitrogens with two attached hydrogens (primary N) is 1. The first-order valence-electron chi connectivity index (χ1n) is 15.7. The van der Waals surface area contributed by atoms with Gasteiger partial charge in [0.2, 0.25) is 0 Å². The van der Waals surface area contributed by atoms with Crippen LogP contribution in [0.3, 0.4) is 0 Å². The third-order valence-electron chi connectivity index (χ3n) is 7.98. The van der Waals surface area contributed by atoms with Crippen LogP contribution in [0.1, 0.15) is 32.6 Å². The first-order chi connectivity index (χ1) is 22.3. The summed E-state index contributed by atoms with van der Waals surface area (Å²) in [5.41, 5.74) is 13.6. The third kappa shape index (κ3) is 8.46. The summed E-state index contributed by atoms with van der Waals surface area (Å²) in [5.74, 6) is -0.0594. The molecule has 46 heavy (non-hydrogen) atoms. The number of carbonyl (C=O) groups excluding carboxylic acids is 1. The number of carbonyl (C=O) groups is 1. The number of hydrogen-bond donors (Lipinski definition) is 2. The second kappa shape index (κ2) is 15.5. The van der Waals surface area contributed by atoms with E-state index in [0.29, 0.717) is 18.7 Å². The summed E-state index contributed by atoms with van der Waals surface area (Å²) >= 11 is 0. The zero-order valence-electron chi connectivity index (χ0n) is 27.3. The molecule has 0 radical (unpaired) electrons. The molecular weight excluding hydrogens is 564 g/mol. The molecule has 0 aliphatic heterocycles. The van der Waals surface area contributed by atoms with Gasteiger partial charge in [-0.15, -0.1) is 0 Å². The number of fused-ring (bicyclic) bond motifs is 2. The Balaban J connectivity index is 0.000000219. The monoisotopic (exact) mass is 608 g/mol. The van der Waals surface area contributed by atoms with Crippen molar-refractivity contribution in [3.05, 3.63) is 155 Å². The minimum atomic E-state index is -0.0594. The topological polar surface area (TPSA) is 61.6 Å². The Hall–Kier alpha value is -4.81. The summed E-state index contributed by atoms with van der Waals surface area (Å²) in [6.45, 7) is 2.99. The molecule has 0 saturated heterocycles. The Morgan fingerprint density at radius 1 is 0.587 bits per heavy atom. The van der Waals surface area contributed by atoms with Crippen molar-refractivity contribution in [1.82, 2.24) is 15.1 Å². The van der Waals surface area contributed by atoms with Crippen LogP contribution < -0.4 is 11.1 Å². The van der Waals surface area contributed by atoms with E-state index in [0.717, 1.165) is 29.8 Å². The summed E-state index contributed by atoms with van der Waals surface area (Å²) < 4.78 is 0. The summed E-state index contributed by atoms with van der Waals surface area (Å²) in [6, 6.07) is 43.6. The van der Waals surface area contributed by atoms with E-state index in [9.17, 15) is 4.79 Å². The molecule has 0 bridgehead atoms. The molecule has 0 aliphatic carbocycles. The van der Waals surface area contributed by atoms with Gasteiger partial charge in [0.15, 0.2) is 0 Å². The second-order valence-corrected chi connectivity index (χ2v) is 12.3. The van der Waals surface area contributed by atoms with Crippen molar-refractivity contribution in [2.45, 2.75) is 26.2 Å². The molecule has 0 unspecified atom stereocenters. The molecule has 0 fully saturated rings. The van der Waals surface area contributed by atoms with Gasteiger partial charge in [0.05, 0.1) is 0 Å². The Morgan fingerprint density at radius 2 is 1.11 bits per heavy atom. The molecule has 5 heteroatoms. The van der Waals surface area contributed by atoms with Crippen molar-refractivity contribution in [3.8, 4) is 11.1 Å². The Morgan fingerprint density at radius 3 is 1.65 bits per heavy atom. The number of nitrogens with zero attached hydrogens (tertiary/aromatic N) is 2. The van der Waals surface area contributed by atoms with Gasteiger partial charge < -0.3 is 20.9 Å². The van der Waals surface area contributed by atoms with Crippen molar-refractivity contribution in [1.29, 1.82) is 0 Å². The SMILES string of the molecule is CN(C)Cc1ccc2c(CN)cccc2c1.CN(C)Cc1ccc2c(CNC(=O)c3ccc(-c4ccccc4)cc3)cccc2c1. The van der Waals surface area contributed by atoms with Gasteiger partial charge in [-0.2, -0.15) is 0 Å². The molecule has 0 atom stereocenters. The molecule has 1 amide bonds. The fraction of sp³-hybridized carbons (Fsp3) is 0.195. The lowest BCUT2D eigenvalue weighted by atomic mass is 10.0. The van der Waals surface area contributed by atoms with Crippen molar-refractivity contribution in [2.75, 3.05) is 28.2 Å². The predicted octanol–water partition coefficient (Wildman–Crippen LogP) is 7.86. The number of benzene rings is 6. The van der Waals surface area contributed by atoms with Crippen LogP contribution in [0.15, 0.2) is 127 Å². The van der Waals surface area contributed by atoms with Gasteiger partial charge in [0.1, 0.15) is 0 Å². The average molecular weight is 609 g/mol. The minimum absolute atomic E-state index is 0.0594. The summed E-state index contributed by atoms with van der Waals surface area (Å²) in [5, 5.41) is 8.00. The van der Waals surface area contributed by atoms with E-state index in [1.807, 2.05) is 42.5 Å². The van der Waals surface area contributed by atoms with Crippen LogP contribution in [-0.2, 0) is 26.2 Å². The highest BCUT2D eigenvalue weighted by atomic mass is 16.1. The highest BCUT2D eigenvalue weighted by Crippen LogP contribution is 2.23. The van der Waals surface area contributed by atoms with Crippen molar-refractivity contribution in [3.63, 3.8) is 0 Å². The molecule has 0 saturated carbocycles. The maximum atomic E-state index is 12.7. The van der Waals surface area contributed by atoms with Crippen molar-refractivity contribution >= 4 is 27.5 Å². The Kier molecular flexibility index (Phi) is 10.9. The molecule has 6 rings (SSSR count). The Bertz CT molecular complexity index is 1900. The maximum absolute atomic E-state index is 12.7. The van der Waals surface area contributed by atoms with Crippen LogP contribution in [0.25, 0.3) is 32.7 Å². The standard InChI is InChI=1S/C27H26N2O.C14H18N2/c1-29(2)19-20-11-16-26-24(17-20)9-6-10-25(26)18-28-27(30)23-14-12-22(13-15-23)21-7-4-3-5-8-21;1-16(2)10-11-6-7-14-12(8-11)4-3-5-13(14)9-15/h3-17H,18-19H2,1-2H3,(H,28,30);3-8H,9-10,15H2,1-2H3. The van der Waals surface area contributed by atoms with Crippen LogP contribution >= 0.6 is 0 Å². The summed E-state index contributed by atoms with van der Waals surface area (Å²) in [4.78, 5) is 17.0.